The molecule has 1 aromatic carbocycles. The van der Waals surface area contributed by atoms with Gasteiger partial charge in [-0.05, 0) is 0 Å². The van der Waals surface area contributed by atoms with Crippen molar-refractivity contribution in [3.8, 4) is 11.5 Å². The van der Waals surface area contributed by atoms with Crippen LogP contribution in [0.2, 0.25) is 0 Å². The summed E-state index contributed by atoms with van der Waals surface area (Å²) in [6.45, 7) is 1.03. The quantitative estimate of drug-likeness (QED) is 0.714. The molecule has 1 radical (unpaired) electrons. The molecule has 0 fully saturated rings. The number of hydrogen-bond donors (Lipinski definition) is 1. The number of benzene rings is 1. The molecule has 0 aliphatic carbocycles. The minimum absolute atomic E-state index is 0.479. The van der Waals surface area contributed by atoms with Crippen molar-refractivity contribution in [3.63, 3.8) is 0 Å². The Balaban J connectivity index is 2.40. The standard InChI is InChI=1S/C8H7O2.H2O.O.Sb/c1-2-4-8-7(3-1)9-5-6-10-8;;;/h1,3-4H,5-6H2;1H2;;/q;;;+1/p-1. The first-order valence-corrected chi connectivity index (χ1v) is 7.29. The van der Waals surface area contributed by atoms with Crippen LogP contribution in [-0.4, -0.2) is 37.2 Å². The van der Waals surface area contributed by atoms with Gasteiger partial charge in [0.2, 0.25) is 0 Å². The molecule has 1 aliphatic heterocycles. The van der Waals surface area contributed by atoms with E-state index in [1.54, 1.807) is 18.2 Å². The number of hydrogen-bond acceptors (Lipinski definition) is 3. The van der Waals surface area contributed by atoms with E-state index >= 15 is 0 Å². The van der Waals surface area contributed by atoms with Crippen LogP contribution in [0.1, 0.15) is 0 Å². The fourth-order valence-corrected chi connectivity index (χ4v) is 2.38. The van der Waals surface area contributed by atoms with Gasteiger partial charge in [-0.15, -0.1) is 0 Å². The van der Waals surface area contributed by atoms with Gasteiger partial charge in [0, 0.05) is 0 Å². The third-order valence-corrected chi connectivity index (χ3v) is 3.80. The van der Waals surface area contributed by atoms with Crippen LogP contribution in [0.5, 0.6) is 11.5 Å². The Labute approximate surface area is 83.0 Å². The van der Waals surface area contributed by atoms with E-state index in [1.165, 1.54) is 0 Å². The zero-order valence-electron chi connectivity index (χ0n) is 6.77. The molecule has 0 spiro atoms. The zero-order chi connectivity index (χ0) is 9.26. The summed E-state index contributed by atoms with van der Waals surface area (Å²) in [6.07, 6.45) is 0. The van der Waals surface area contributed by atoms with Gasteiger partial charge in [0.1, 0.15) is 0 Å². The van der Waals surface area contributed by atoms with Gasteiger partial charge in [-0.3, -0.25) is 0 Å². The van der Waals surface area contributed by atoms with Crippen molar-refractivity contribution in [1.29, 1.82) is 0 Å². The molecule has 1 aromatic rings. The van der Waals surface area contributed by atoms with Gasteiger partial charge < -0.3 is 0 Å². The van der Waals surface area contributed by atoms with Crippen molar-refractivity contribution in [2.24, 2.45) is 0 Å². The van der Waals surface area contributed by atoms with Crippen molar-refractivity contribution < 1.29 is 15.9 Å². The molecular weight excluding hydrogens is 282 g/mol. The van der Waals surface area contributed by atoms with Crippen molar-refractivity contribution in [1.82, 2.24) is 0 Å². The summed E-state index contributed by atoms with van der Waals surface area (Å²) in [5, 5.41) is 0. The van der Waals surface area contributed by atoms with Crippen LogP contribution in [0.25, 0.3) is 0 Å². The Bertz CT molecular complexity index is 350. The Hall–Kier alpha value is -0.602. The summed E-state index contributed by atoms with van der Waals surface area (Å²) in [6, 6.07) is 4.88. The molecule has 0 unspecified atom stereocenters. The third kappa shape index (κ3) is 1.84. The zero-order valence-corrected chi connectivity index (χ0v) is 9.32. The van der Waals surface area contributed by atoms with Gasteiger partial charge in [0.05, 0.1) is 0 Å². The van der Waals surface area contributed by atoms with Gasteiger partial charge in [0.15, 0.2) is 0 Å². The second kappa shape index (κ2) is 3.64. The van der Waals surface area contributed by atoms with Crippen LogP contribution in [0.15, 0.2) is 18.2 Å². The molecule has 0 saturated carbocycles. The molecular formula is C8H8O4Sb. The van der Waals surface area contributed by atoms with Crippen molar-refractivity contribution in [3.05, 3.63) is 18.2 Å². The summed E-state index contributed by atoms with van der Waals surface area (Å²) in [5.74, 6) is 1.22. The summed E-state index contributed by atoms with van der Waals surface area (Å²) >= 11 is -3.36. The minimum atomic E-state index is -3.36. The van der Waals surface area contributed by atoms with Crippen LogP contribution in [-0.2, 0) is 3.02 Å². The summed E-state index contributed by atoms with van der Waals surface area (Å²) in [7, 11) is 0. The van der Waals surface area contributed by atoms with Gasteiger partial charge in [0.25, 0.3) is 0 Å². The van der Waals surface area contributed by atoms with E-state index in [4.69, 9.17) is 12.9 Å². The molecule has 0 atom stereocenters. The first-order valence-electron chi connectivity index (χ1n) is 3.83. The molecule has 13 heavy (non-hydrogen) atoms. The third-order valence-electron chi connectivity index (χ3n) is 1.75. The van der Waals surface area contributed by atoms with Crippen LogP contribution in [0, 0.1) is 0 Å². The first-order chi connectivity index (χ1) is 6.27. The molecule has 69 valence electrons. The second-order valence-electron chi connectivity index (χ2n) is 2.60. The van der Waals surface area contributed by atoms with E-state index in [-0.39, 0.29) is 0 Å². The van der Waals surface area contributed by atoms with E-state index in [2.05, 4.69) is 0 Å². The van der Waals surface area contributed by atoms with E-state index in [9.17, 15) is 3.02 Å². The molecule has 0 saturated heterocycles. The predicted octanol–water partition coefficient (Wildman–Crippen LogP) is -0.424. The Kier molecular flexibility index (Phi) is 2.51. The summed E-state index contributed by atoms with van der Waals surface area (Å²) in [5.41, 5.74) is 0. The monoisotopic (exact) mass is 289 g/mol. The average Bonchev–Trinajstić information content (AvgIpc) is 2.17. The normalized spacial score (nSPS) is 13.9. The van der Waals surface area contributed by atoms with E-state index in [0.717, 1.165) is 0 Å². The SMILES string of the molecule is [O]=[Sb]([OH])[c]1ccc2c(c1)OCCO2. The fourth-order valence-electron chi connectivity index (χ4n) is 1.15. The molecule has 1 heterocycles. The molecule has 1 N–H and O–H groups in total. The molecule has 4 nitrogen and oxygen atoms in total. The molecule has 0 amide bonds. The van der Waals surface area contributed by atoms with E-state index in [1.807, 2.05) is 0 Å². The van der Waals surface area contributed by atoms with Crippen LogP contribution in [0.4, 0.5) is 0 Å². The van der Waals surface area contributed by atoms with Crippen LogP contribution >= 0.6 is 0 Å². The first kappa shape index (κ1) is 8.97. The molecule has 0 bridgehead atoms. The molecule has 0 aromatic heterocycles. The van der Waals surface area contributed by atoms with E-state index < -0.39 is 20.6 Å². The maximum absolute atomic E-state index is 10.9. The predicted molar refractivity (Wildman–Crippen MR) is 45.7 cm³/mol. The molecule has 1 aliphatic rings. The van der Waals surface area contributed by atoms with Crippen molar-refractivity contribution in [2.75, 3.05) is 13.2 Å². The Morgan fingerprint density at radius 1 is 1.23 bits per heavy atom. The summed E-state index contributed by atoms with van der Waals surface area (Å²) in [4.78, 5) is 0. The fraction of sp³-hybridized carbons (Fsp3) is 0.250. The Morgan fingerprint density at radius 2 is 1.92 bits per heavy atom. The number of rotatable bonds is 1. The second-order valence-corrected chi connectivity index (χ2v) is 5.63. The van der Waals surface area contributed by atoms with Crippen LogP contribution in [0.3, 0.4) is 0 Å². The maximum atomic E-state index is 10.9. The molecule has 2 rings (SSSR count). The van der Waals surface area contributed by atoms with Gasteiger partial charge in [-0.2, -0.15) is 0 Å². The van der Waals surface area contributed by atoms with Crippen molar-refractivity contribution >= 4 is 24.1 Å². The van der Waals surface area contributed by atoms with Gasteiger partial charge in [-0.1, -0.05) is 0 Å². The molecule has 5 heteroatoms. The topological polar surface area (TPSA) is 55.8 Å². The van der Waals surface area contributed by atoms with E-state index in [0.29, 0.717) is 28.2 Å². The van der Waals surface area contributed by atoms with Crippen molar-refractivity contribution in [2.45, 2.75) is 0 Å². The number of ether oxygens (including phenoxy) is 2. The van der Waals surface area contributed by atoms with Gasteiger partial charge >= 0.3 is 82.9 Å². The Morgan fingerprint density at radius 3 is 2.62 bits per heavy atom. The summed E-state index contributed by atoms with van der Waals surface area (Å²) < 4.78 is 30.8. The van der Waals surface area contributed by atoms with Crippen LogP contribution < -0.4 is 13.0 Å². The average molecular weight is 290 g/mol. The number of fused-ring (bicyclic) bond motifs is 1. The van der Waals surface area contributed by atoms with Gasteiger partial charge in [-0.25, -0.2) is 0 Å².